The van der Waals surface area contributed by atoms with Gasteiger partial charge < -0.3 is 15.0 Å². The smallest absolute Gasteiger partial charge is 0.261 e. The fraction of sp³-hybridized carbons (Fsp3) is 0.350. The lowest BCUT2D eigenvalue weighted by Gasteiger charge is -2.20. The van der Waals surface area contributed by atoms with Crippen LogP contribution in [0.25, 0.3) is 10.2 Å². The lowest BCUT2D eigenvalue weighted by Crippen LogP contribution is -2.24. The van der Waals surface area contributed by atoms with E-state index in [1.807, 2.05) is 31.2 Å². The van der Waals surface area contributed by atoms with Crippen molar-refractivity contribution in [2.24, 2.45) is 0 Å². The minimum Gasteiger partial charge on any atom is -0.496 e. The molecule has 0 saturated heterocycles. The molecule has 142 valence electrons. The Balaban J connectivity index is 1.89. The van der Waals surface area contributed by atoms with E-state index in [1.165, 1.54) is 11.3 Å². The summed E-state index contributed by atoms with van der Waals surface area (Å²) in [4.78, 5) is 25.4. The number of benzene rings is 1. The molecule has 0 saturated carbocycles. The Hall–Kier alpha value is -2.67. The summed E-state index contributed by atoms with van der Waals surface area (Å²) in [6.45, 7) is 8.28. The van der Waals surface area contributed by atoms with Crippen LogP contribution in [0.4, 0.5) is 5.82 Å². The summed E-state index contributed by atoms with van der Waals surface area (Å²) >= 11 is 1.41. The number of hydrogen-bond acceptors (Lipinski definition) is 6. The lowest BCUT2D eigenvalue weighted by molar-refractivity contribution is 0.0954. The van der Waals surface area contributed by atoms with Gasteiger partial charge in [0.05, 0.1) is 17.4 Å². The molecule has 0 aliphatic heterocycles. The number of ether oxygens (including phenoxy) is 1. The molecule has 0 bridgehead atoms. The lowest BCUT2D eigenvalue weighted by atomic mass is 10.1. The SMILES string of the molecule is CCN(CC)c1ncnc2sc(C(=O)NCc3ccccc3OC)c(C)c12. The number of anilines is 1. The number of nitrogens with zero attached hydrogens (tertiary/aromatic N) is 3. The maximum absolute atomic E-state index is 12.8. The number of amides is 1. The highest BCUT2D eigenvalue weighted by atomic mass is 32.1. The normalized spacial score (nSPS) is 10.8. The number of methoxy groups -OCH3 is 1. The Kier molecular flexibility index (Phi) is 5.91. The number of rotatable bonds is 7. The summed E-state index contributed by atoms with van der Waals surface area (Å²) in [5.74, 6) is 1.55. The number of carbonyl (C=O) groups excluding carboxylic acids is 1. The van der Waals surface area contributed by atoms with Gasteiger partial charge in [-0.2, -0.15) is 0 Å². The van der Waals surface area contributed by atoms with Crippen LogP contribution in [0.5, 0.6) is 5.75 Å². The molecule has 0 spiro atoms. The van der Waals surface area contributed by atoms with Crippen molar-refractivity contribution >= 4 is 33.3 Å². The summed E-state index contributed by atoms with van der Waals surface area (Å²) in [7, 11) is 1.63. The molecule has 27 heavy (non-hydrogen) atoms. The Labute approximate surface area is 163 Å². The standard InChI is InChI=1S/C20H24N4O2S/c1-5-24(6-2)18-16-13(3)17(27-20(16)23-12-22-18)19(25)21-11-14-9-7-8-10-15(14)26-4/h7-10,12H,5-6,11H2,1-4H3,(H,21,25). The molecule has 0 aliphatic rings. The molecular weight excluding hydrogens is 360 g/mol. The molecule has 0 atom stereocenters. The van der Waals surface area contributed by atoms with Gasteiger partial charge in [-0.1, -0.05) is 18.2 Å². The van der Waals surface area contributed by atoms with Crippen molar-refractivity contribution in [1.82, 2.24) is 15.3 Å². The van der Waals surface area contributed by atoms with Gasteiger partial charge >= 0.3 is 0 Å². The van der Waals surface area contributed by atoms with Crippen LogP contribution in [-0.4, -0.2) is 36.1 Å². The zero-order valence-corrected chi connectivity index (χ0v) is 16.9. The first kappa shape index (κ1) is 19.1. The van der Waals surface area contributed by atoms with Gasteiger partial charge in [0.15, 0.2) is 0 Å². The third-order valence-corrected chi connectivity index (χ3v) is 5.81. The minimum absolute atomic E-state index is 0.105. The van der Waals surface area contributed by atoms with Crippen LogP contribution < -0.4 is 15.0 Å². The van der Waals surface area contributed by atoms with Crippen molar-refractivity contribution in [3.8, 4) is 5.75 Å². The number of fused-ring (bicyclic) bond motifs is 1. The van der Waals surface area contributed by atoms with Gasteiger partial charge in [0.25, 0.3) is 5.91 Å². The number of carbonyl (C=O) groups is 1. The number of para-hydroxylation sites is 1. The van der Waals surface area contributed by atoms with E-state index >= 15 is 0 Å². The van der Waals surface area contributed by atoms with Gasteiger partial charge in [0, 0.05) is 25.2 Å². The second kappa shape index (κ2) is 8.35. The minimum atomic E-state index is -0.105. The Bertz CT molecular complexity index is 950. The molecule has 7 heteroatoms. The highest BCUT2D eigenvalue weighted by molar-refractivity contribution is 7.20. The van der Waals surface area contributed by atoms with E-state index in [1.54, 1.807) is 13.4 Å². The van der Waals surface area contributed by atoms with E-state index < -0.39 is 0 Å². The first-order valence-corrected chi connectivity index (χ1v) is 9.81. The van der Waals surface area contributed by atoms with Gasteiger partial charge in [-0.25, -0.2) is 9.97 Å². The highest BCUT2D eigenvalue weighted by Gasteiger charge is 2.21. The summed E-state index contributed by atoms with van der Waals surface area (Å²) in [5, 5.41) is 3.96. The Morgan fingerprint density at radius 3 is 2.67 bits per heavy atom. The second-order valence-corrected chi connectivity index (χ2v) is 7.10. The monoisotopic (exact) mass is 384 g/mol. The third kappa shape index (κ3) is 3.73. The summed E-state index contributed by atoms with van der Waals surface area (Å²) in [6, 6.07) is 7.67. The molecule has 0 fully saturated rings. The van der Waals surface area contributed by atoms with Gasteiger partial charge in [0.2, 0.25) is 0 Å². The molecule has 0 unspecified atom stereocenters. The first-order chi connectivity index (χ1) is 13.1. The molecule has 0 aliphatic carbocycles. The number of hydrogen-bond donors (Lipinski definition) is 1. The number of nitrogens with one attached hydrogen (secondary N) is 1. The van der Waals surface area contributed by atoms with Gasteiger partial charge in [0.1, 0.15) is 22.7 Å². The average Bonchev–Trinajstić information content (AvgIpc) is 3.04. The van der Waals surface area contributed by atoms with E-state index in [4.69, 9.17) is 4.74 Å². The number of aryl methyl sites for hydroxylation is 1. The molecule has 6 nitrogen and oxygen atoms in total. The summed E-state index contributed by atoms with van der Waals surface area (Å²) < 4.78 is 5.35. The van der Waals surface area contributed by atoms with E-state index in [0.29, 0.717) is 11.4 Å². The van der Waals surface area contributed by atoms with E-state index in [0.717, 1.165) is 46.0 Å². The van der Waals surface area contributed by atoms with Crippen LogP contribution in [0.3, 0.4) is 0 Å². The van der Waals surface area contributed by atoms with Gasteiger partial charge in [-0.3, -0.25) is 4.79 Å². The molecule has 2 aromatic heterocycles. The van der Waals surface area contributed by atoms with E-state index in [2.05, 4.69) is 34.0 Å². The van der Waals surface area contributed by atoms with Crippen LogP contribution in [0, 0.1) is 6.92 Å². The van der Waals surface area contributed by atoms with Crippen molar-refractivity contribution in [1.29, 1.82) is 0 Å². The Morgan fingerprint density at radius 2 is 1.96 bits per heavy atom. The molecule has 3 aromatic rings. The van der Waals surface area contributed by atoms with Crippen molar-refractivity contribution in [2.75, 3.05) is 25.1 Å². The van der Waals surface area contributed by atoms with Crippen molar-refractivity contribution in [3.63, 3.8) is 0 Å². The van der Waals surface area contributed by atoms with Crippen molar-refractivity contribution < 1.29 is 9.53 Å². The van der Waals surface area contributed by atoms with Crippen molar-refractivity contribution in [2.45, 2.75) is 27.3 Å². The zero-order chi connectivity index (χ0) is 19.4. The molecular formula is C20H24N4O2S. The summed E-state index contributed by atoms with van der Waals surface area (Å²) in [5.41, 5.74) is 1.87. The maximum Gasteiger partial charge on any atom is 0.261 e. The fourth-order valence-electron chi connectivity index (χ4n) is 3.14. The molecule has 1 aromatic carbocycles. The predicted molar refractivity (Wildman–Crippen MR) is 110 cm³/mol. The quantitative estimate of drug-likeness (QED) is 0.671. The molecule has 2 heterocycles. The van der Waals surface area contributed by atoms with Gasteiger partial charge in [-0.15, -0.1) is 11.3 Å². The zero-order valence-electron chi connectivity index (χ0n) is 16.1. The van der Waals surface area contributed by atoms with E-state index in [-0.39, 0.29) is 5.91 Å². The van der Waals surface area contributed by atoms with Crippen LogP contribution >= 0.6 is 11.3 Å². The predicted octanol–water partition coefficient (Wildman–Crippen LogP) is 3.78. The summed E-state index contributed by atoms with van der Waals surface area (Å²) in [6.07, 6.45) is 1.57. The second-order valence-electron chi connectivity index (χ2n) is 6.10. The maximum atomic E-state index is 12.8. The van der Waals surface area contributed by atoms with Crippen LogP contribution in [0.2, 0.25) is 0 Å². The van der Waals surface area contributed by atoms with Crippen LogP contribution in [-0.2, 0) is 6.54 Å². The largest absolute Gasteiger partial charge is 0.496 e. The highest BCUT2D eigenvalue weighted by Crippen LogP contribution is 2.34. The third-order valence-electron chi connectivity index (χ3n) is 4.61. The van der Waals surface area contributed by atoms with E-state index in [9.17, 15) is 4.79 Å². The molecule has 0 radical (unpaired) electrons. The fourth-order valence-corrected chi connectivity index (χ4v) is 4.20. The number of thiophene rings is 1. The van der Waals surface area contributed by atoms with Crippen LogP contribution in [0.1, 0.15) is 34.6 Å². The molecule has 1 amide bonds. The number of aromatic nitrogens is 2. The Morgan fingerprint density at radius 1 is 1.22 bits per heavy atom. The first-order valence-electron chi connectivity index (χ1n) is 8.99. The molecule has 1 N–H and O–H groups in total. The average molecular weight is 385 g/mol. The topological polar surface area (TPSA) is 67.4 Å². The van der Waals surface area contributed by atoms with Crippen molar-refractivity contribution in [3.05, 3.63) is 46.6 Å². The molecule has 3 rings (SSSR count). The van der Waals surface area contributed by atoms with Crippen LogP contribution in [0.15, 0.2) is 30.6 Å². The van der Waals surface area contributed by atoms with Gasteiger partial charge in [-0.05, 0) is 32.4 Å².